The lowest BCUT2D eigenvalue weighted by atomic mass is 9.77. The molecule has 3 aromatic rings. The molecule has 1 aliphatic carbocycles. The van der Waals surface area contributed by atoms with E-state index in [-0.39, 0.29) is 11.9 Å². The van der Waals surface area contributed by atoms with Crippen LogP contribution in [0.1, 0.15) is 30.9 Å². The topological polar surface area (TPSA) is 89.5 Å². The average molecular weight is 350 g/mol. The summed E-state index contributed by atoms with van der Waals surface area (Å²) in [6.07, 6.45) is 4.73. The predicted octanol–water partition coefficient (Wildman–Crippen LogP) is 3.56. The van der Waals surface area contributed by atoms with Crippen LogP contribution in [0.3, 0.4) is 0 Å². The van der Waals surface area contributed by atoms with Gasteiger partial charge >= 0.3 is 11.2 Å². The van der Waals surface area contributed by atoms with E-state index in [1.165, 1.54) is 10.6 Å². The van der Waals surface area contributed by atoms with Crippen LogP contribution in [0.4, 0.5) is 11.5 Å². The maximum Gasteiger partial charge on any atom is 0.376 e. The zero-order valence-corrected chi connectivity index (χ0v) is 14.0. The van der Waals surface area contributed by atoms with Crippen LogP contribution < -0.4 is 10.9 Å². The molecule has 0 bridgehead atoms. The normalized spacial score (nSPS) is 15.4. The Labute approximate surface area is 149 Å². The molecular formula is C19H18N4O3. The highest BCUT2D eigenvalue weighted by Crippen LogP contribution is 2.40. The average Bonchev–Trinajstić information content (AvgIpc) is 2.60. The fourth-order valence-electron chi connectivity index (χ4n) is 3.40. The number of nitro groups is 1. The molecule has 0 radical (unpaired) electrons. The molecule has 26 heavy (non-hydrogen) atoms. The Bertz CT molecular complexity index is 1010. The Balaban J connectivity index is 1.83. The van der Waals surface area contributed by atoms with E-state index in [1.54, 1.807) is 18.2 Å². The van der Waals surface area contributed by atoms with Crippen molar-refractivity contribution in [3.63, 3.8) is 0 Å². The number of hydrogen-bond acceptors (Lipinski definition) is 5. The smallest absolute Gasteiger partial charge is 0.357 e. The van der Waals surface area contributed by atoms with Gasteiger partial charge in [0.15, 0.2) is 0 Å². The van der Waals surface area contributed by atoms with Gasteiger partial charge in [-0.25, -0.2) is 4.98 Å². The zero-order chi connectivity index (χ0) is 18.1. The molecule has 1 aliphatic rings. The number of pyridine rings is 1. The van der Waals surface area contributed by atoms with Crippen molar-refractivity contribution in [3.05, 3.63) is 80.8 Å². The highest BCUT2D eigenvalue weighted by molar-refractivity contribution is 5.60. The summed E-state index contributed by atoms with van der Waals surface area (Å²) in [5, 5.41) is 14.8. The molecule has 1 atom stereocenters. The third-order valence-electron chi connectivity index (χ3n) is 4.97. The predicted molar refractivity (Wildman–Crippen MR) is 98.3 cm³/mol. The Hall–Kier alpha value is -3.22. The molecule has 2 aromatic heterocycles. The van der Waals surface area contributed by atoms with Crippen LogP contribution in [0.5, 0.6) is 0 Å². The van der Waals surface area contributed by atoms with Crippen LogP contribution in [0.25, 0.3) is 5.65 Å². The minimum atomic E-state index is -0.677. The molecule has 0 saturated heterocycles. The summed E-state index contributed by atoms with van der Waals surface area (Å²) in [6, 6.07) is 14.8. The van der Waals surface area contributed by atoms with Gasteiger partial charge in [0.25, 0.3) is 0 Å². The SMILES string of the molecule is O=c1c([N+](=O)[O-])c(NC(c2ccccc2)C2CCC2)nc2ccccn12. The van der Waals surface area contributed by atoms with Crippen molar-refractivity contribution < 1.29 is 4.92 Å². The fourth-order valence-corrected chi connectivity index (χ4v) is 3.40. The summed E-state index contributed by atoms with van der Waals surface area (Å²) < 4.78 is 1.20. The van der Waals surface area contributed by atoms with E-state index in [2.05, 4.69) is 10.3 Å². The Kier molecular flexibility index (Phi) is 4.12. The van der Waals surface area contributed by atoms with Gasteiger partial charge in [0.2, 0.25) is 5.82 Å². The third kappa shape index (κ3) is 2.81. The molecule has 1 fully saturated rings. The Morgan fingerprint density at radius 1 is 1.15 bits per heavy atom. The van der Waals surface area contributed by atoms with Crippen LogP contribution in [0.15, 0.2) is 59.5 Å². The van der Waals surface area contributed by atoms with Gasteiger partial charge in [-0.15, -0.1) is 0 Å². The fraction of sp³-hybridized carbons (Fsp3) is 0.263. The first-order valence-corrected chi connectivity index (χ1v) is 8.62. The standard InChI is InChI=1S/C19H18N4O3/c24-19-17(23(25)26)18(20-15-11-4-5-12-22(15)19)21-16(14-9-6-10-14)13-7-2-1-3-8-13/h1-5,7-8,11-12,14,16,21H,6,9-10H2. The van der Waals surface area contributed by atoms with Gasteiger partial charge in [0.05, 0.1) is 11.0 Å². The van der Waals surface area contributed by atoms with E-state index in [9.17, 15) is 14.9 Å². The maximum atomic E-state index is 12.6. The lowest BCUT2D eigenvalue weighted by Gasteiger charge is -2.34. The van der Waals surface area contributed by atoms with Crippen LogP contribution >= 0.6 is 0 Å². The van der Waals surface area contributed by atoms with Gasteiger partial charge < -0.3 is 5.32 Å². The van der Waals surface area contributed by atoms with E-state index in [1.807, 2.05) is 30.3 Å². The molecule has 7 heteroatoms. The molecule has 2 heterocycles. The van der Waals surface area contributed by atoms with E-state index >= 15 is 0 Å². The quantitative estimate of drug-likeness (QED) is 0.561. The summed E-state index contributed by atoms with van der Waals surface area (Å²) >= 11 is 0. The van der Waals surface area contributed by atoms with Crippen molar-refractivity contribution in [3.8, 4) is 0 Å². The second-order valence-electron chi connectivity index (χ2n) is 6.52. The van der Waals surface area contributed by atoms with E-state index in [4.69, 9.17) is 0 Å². The molecule has 4 rings (SSSR count). The first-order valence-electron chi connectivity index (χ1n) is 8.62. The van der Waals surface area contributed by atoms with E-state index in [0.29, 0.717) is 11.6 Å². The molecule has 1 aromatic carbocycles. The lowest BCUT2D eigenvalue weighted by Crippen LogP contribution is -2.29. The first-order chi connectivity index (χ1) is 12.6. The molecule has 7 nitrogen and oxygen atoms in total. The number of nitrogens with one attached hydrogen (secondary N) is 1. The van der Waals surface area contributed by atoms with Gasteiger partial charge in [-0.1, -0.05) is 42.8 Å². The van der Waals surface area contributed by atoms with Crippen molar-refractivity contribution in [1.82, 2.24) is 9.38 Å². The molecule has 0 amide bonds. The van der Waals surface area contributed by atoms with Crippen LogP contribution in [0, 0.1) is 16.0 Å². The Morgan fingerprint density at radius 2 is 1.88 bits per heavy atom. The van der Waals surface area contributed by atoms with E-state index in [0.717, 1.165) is 24.8 Å². The number of rotatable bonds is 5. The molecule has 132 valence electrons. The minimum Gasteiger partial charge on any atom is -0.357 e. The monoisotopic (exact) mass is 350 g/mol. The number of fused-ring (bicyclic) bond motifs is 1. The molecule has 0 aliphatic heterocycles. The first kappa shape index (κ1) is 16.3. The largest absolute Gasteiger partial charge is 0.376 e. The summed E-state index contributed by atoms with van der Waals surface area (Å²) in [6.45, 7) is 0. The van der Waals surface area contributed by atoms with Gasteiger partial charge in [0, 0.05) is 6.20 Å². The summed E-state index contributed by atoms with van der Waals surface area (Å²) in [7, 11) is 0. The second kappa shape index (κ2) is 6.59. The number of anilines is 1. The number of aromatic nitrogens is 2. The zero-order valence-electron chi connectivity index (χ0n) is 14.0. The summed E-state index contributed by atoms with van der Waals surface area (Å²) in [5.41, 5.74) is 0.227. The van der Waals surface area contributed by atoms with Crippen molar-refractivity contribution in [2.24, 2.45) is 5.92 Å². The Morgan fingerprint density at radius 3 is 2.54 bits per heavy atom. The summed E-state index contributed by atoms with van der Waals surface area (Å²) in [5.74, 6) is 0.403. The van der Waals surface area contributed by atoms with Gasteiger partial charge in [-0.3, -0.25) is 19.3 Å². The van der Waals surface area contributed by atoms with Gasteiger partial charge in [0.1, 0.15) is 5.65 Å². The van der Waals surface area contributed by atoms with E-state index < -0.39 is 16.2 Å². The minimum absolute atomic E-state index is 0.0342. The number of benzene rings is 1. The molecular weight excluding hydrogens is 332 g/mol. The van der Waals surface area contributed by atoms with Crippen LogP contribution in [-0.2, 0) is 0 Å². The van der Waals surface area contributed by atoms with Gasteiger partial charge in [-0.05, 0) is 36.5 Å². The van der Waals surface area contributed by atoms with Crippen LogP contribution in [-0.4, -0.2) is 14.3 Å². The highest BCUT2D eigenvalue weighted by atomic mass is 16.6. The second-order valence-corrected chi connectivity index (χ2v) is 6.52. The molecule has 1 N–H and O–H groups in total. The van der Waals surface area contributed by atoms with Crippen molar-refractivity contribution in [2.45, 2.75) is 25.3 Å². The lowest BCUT2D eigenvalue weighted by molar-refractivity contribution is -0.385. The number of nitrogens with zero attached hydrogens (tertiary/aromatic N) is 3. The third-order valence-corrected chi connectivity index (χ3v) is 4.97. The van der Waals surface area contributed by atoms with Crippen molar-refractivity contribution in [2.75, 3.05) is 5.32 Å². The van der Waals surface area contributed by atoms with Crippen molar-refractivity contribution >= 4 is 17.2 Å². The maximum absolute atomic E-state index is 12.6. The number of hydrogen-bond donors (Lipinski definition) is 1. The molecule has 0 spiro atoms. The summed E-state index contributed by atoms with van der Waals surface area (Å²) in [4.78, 5) is 27.9. The van der Waals surface area contributed by atoms with Gasteiger partial charge in [-0.2, -0.15) is 0 Å². The molecule has 1 unspecified atom stereocenters. The highest BCUT2D eigenvalue weighted by Gasteiger charge is 2.32. The van der Waals surface area contributed by atoms with Crippen LogP contribution in [0.2, 0.25) is 0 Å². The molecule has 1 saturated carbocycles. The van der Waals surface area contributed by atoms with Crippen molar-refractivity contribution in [1.29, 1.82) is 0 Å².